The largest absolute Gasteiger partial charge is 0.351 e. The topological polar surface area (TPSA) is 76.8 Å². The average molecular weight is 389 g/mol. The quantitative estimate of drug-likeness (QED) is 0.636. The molecular formula is C19H25ClN6O. The Bertz CT molecular complexity index is 883. The molecule has 0 aliphatic carbocycles. The van der Waals surface area contributed by atoms with Crippen molar-refractivity contribution in [1.82, 2.24) is 30.0 Å². The molecule has 1 aliphatic heterocycles. The number of aromatic nitrogens is 4. The number of nitrogens with one attached hydrogen (secondary N) is 2. The smallest absolute Gasteiger partial charge is 0.271 e. The van der Waals surface area contributed by atoms with E-state index in [0.29, 0.717) is 18.3 Å². The lowest BCUT2D eigenvalue weighted by atomic mass is 10.1. The van der Waals surface area contributed by atoms with E-state index in [9.17, 15) is 4.79 Å². The average Bonchev–Trinajstić information content (AvgIpc) is 3.33. The fraction of sp³-hybridized carbons (Fsp3) is 0.421. The molecule has 1 saturated heterocycles. The Morgan fingerprint density at radius 3 is 3.04 bits per heavy atom. The van der Waals surface area contributed by atoms with E-state index in [1.54, 1.807) is 6.07 Å². The molecule has 2 N–H and O–H groups in total. The highest BCUT2D eigenvalue weighted by Gasteiger charge is 2.17. The summed E-state index contributed by atoms with van der Waals surface area (Å²) in [5.41, 5.74) is 2.61. The first kappa shape index (κ1) is 19.4. The van der Waals surface area contributed by atoms with Crippen LogP contribution in [-0.2, 0) is 6.54 Å². The maximum absolute atomic E-state index is 12.3. The van der Waals surface area contributed by atoms with Gasteiger partial charge in [-0.3, -0.25) is 9.48 Å². The van der Waals surface area contributed by atoms with E-state index in [2.05, 4.69) is 31.3 Å². The fourth-order valence-electron chi connectivity index (χ4n) is 3.45. The molecule has 1 fully saturated rings. The summed E-state index contributed by atoms with van der Waals surface area (Å²) in [4.78, 5) is 16.7. The van der Waals surface area contributed by atoms with E-state index < -0.39 is 0 Å². The molecule has 7 nitrogen and oxygen atoms in total. The van der Waals surface area contributed by atoms with Gasteiger partial charge < -0.3 is 15.2 Å². The summed E-state index contributed by atoms with van der Waals surface area (Å²) in [5.74, 6) is -0.108. The predicted octanol–water partition coefficient (Wildman–Crippen LogP) is 2.40. The maximum atomic E-state index is 12.3. The molecule has 3 heterocycles. The van der Waals surface area contributed by atoms with E-state index in [4.69, 9.17) is 0 Å². The minimum absolute atomic E-state index is 0. The normalized spacial score (nSPS) is 16.8. The molecule has 1 atom stereocenters. The van der Waals surface area contributed by atoms with Crippen molar-refractivity contribution >= 4 is 29.3 Å². The molecule has 4 rings (SSSR count). The van der Waals surface area contributed by atoms with Gasteiger partial charge in [-0.2, -0.15) is 5.10 Å². The van der Waals surface area contributed by atoms with Gasteiger partial charge in [0, 0.05) is 25.8 Å². The van der Waals surface area contributed by atoms with Crippen molar-refractivity contribution in [1.29, 1.82) is 0 Å². The third kappa shape index (κ3) is 4.48. The number of carbonyl (C=O) groups is 1. The van der Waals surface area contributed by atoms with Crippen LogP contribution in [0.4, 0.5) is 0 Å². The standard InChI is InChI=1S/C19H24N6O.ClH/c26-19(17-8-12-25(23-17)15-5-3-9-20-13-15)21-10-4-11-24-14-22-16-6-1-2-7-18(16)24;/h1-2,6-8,12,14-15,20H,3-5,9-11,13H2,(H,21,26);1H. The predicted molar refractivity (Wildman–Crippen MR) is 107 cm³/mol. The number of benzene rings is 1. The van der Waals surface area contributed by atoms with Crippen LogP contribution in [0.5, 0.6) is 0 Å². The second-order valence-electron chi connectivity index (χ2n) is 6.72. The lowest BCUT2D eigenvalue weighted by molar-refractivity contribution is 0.0946. The first-order chi connectivity index (χ1) is 12.8. The molecular weight excluding hydrogens is 364 g/mol. The number of aryl methyl sites for hydroxylation is 1. The van der Waals surface area contributed by atoms with Crippen LogP contribution in [0.15, 0.2) is 42.9 Å². The van der Waals surface area contributed by atoms with Crippen LogP contribution in [0.3, 0.4) is 0 Å². The lowest BCUT2D eigenvalue weighted by Gasteiger charge is -2.22. The Labute approximate surface area is 164 Å². The van der Waals surface area contributed by atoms with E-state index >= 15 is 0 Å². The van der Waals surface area contributed by atoms with Gasteiger partial charge in [-0.05, 0) is 44.0 Å². The number of amides is 1. The van der Waals surface area contributed by atoms with Gasteiger partial charge in [-0.1, -0.05) is 12.1 Å². The van der Waals surface area contributed by atoms with Crippen LogP contribution in [0.2, 0.25) is 0 Å². The molecule has 2 aromatic heterocycles. The Morgan fingerprint density at radius 2 is 2.19 bits per heavy atom. The number of fused-ring (bicyclic) bond motifs is 1. The van der Waals surface area contributed by atoms with Crippen molar-refractivity contribution in [2.24, 2.45) is 0 Å². The third-order valence-electron chi connectivity index (χ3n) is 4.87. The number of hydrogen-bond acceptors (Lipinski definition) is 4. The Morgan fingerprint density at radius 1 is 1.30 bits per heavy atom. The molecule has 0 radical (unpaired) electrons. The monoisotopic (exact) mass is 388 g/mol. The molecule has 0 saturated carbocycles. The van der Waals surface area contributed by atoms with Crippen LogP contribution in [-0.4, -0.2) is 44.9 Å². The van der Waals surface area contributed by atoms with Crippen molar-refractivity contribution in [2.75, 3.05) is 19.6 Å². The van der Waals surface area contributed by atoms with Crippen molar-refractivity contribution in [3.05, 3.63) is 48.5 Å². The fourth-order valence-corrected chi connectivity index (χ4v) is 3.45. The highest BCUT2D eigenvalue weighted by molar-refractivity contribution is 5.92. The van der Waals surface area contributed by atoms with Crippen molar-refractivity contribution < 1.29 is 4.79 Å². The van der Waals surface area contributed by atoms with Crippen molar-refractivity contribution in [2.45, 2.75) is 31.8 Å². The molecule has 8 heteroatoms. The molecule has 1 aliphatic rings. The summed E-state index contributed by atoms with van der Waals surface area (Å²) in [6.07, 6.45) is 6.86. The zero-order valence-corrected chi connectivity index (χ0v) is 16.0. The summed E-state index contributed by atoms with van der Waals surface area (Å²) in [6, 6.07) is 10.2. The first-order valence-electron chi connectivity index (χ1n) is 9.25. The zero-order valence-electron chi connectivity index (χ0n) is 15.2. The van der Waals surface area contributed by atoms with Crippen LogP contribution < -0.4 is 10.6 Å². The molecule has 144 valence electrons. The van der Waals surface area contributed by atoms with Crippen LogP contribution >= 0.6 is 12.4 Å². The van der Waals surface area contributed by atoms with Gasteiger partial charge in [0.1, 0.15) is 5.69 Å². The minimum Gasteiger partial charge on any atom is -0.351 e. The van der Waals surface area contributed by atoms with Crippen LogP contribution in [0.1, 0.15) is 35.8 Å². The number of rotatable bonds is 6. The molecule has 27 heavy (non-hydrogen) atoms. The summed E-state index contributed by atoms with van der Waals surface area (Å²) >= 11 is 0. The number of carbonyl (C=O) groups excluding carboxylic acids is 1. The highest BCUT2D eigenvalue weighted by Crippen LogP contribution is 2.15. The van der Waals surface area contributed by atoms with Gasteiger partial charge in [0.25, 0.3) is 5.91 Å². The molecule has 0 spiro atoms. The Hall–Kier alpha value is -2.38. The van der Waals surface area contributed by atoms with E-state index in [1.807, 2.05) is 35.4 Å². The number of hydrogen-bond donors (Lipinski definition) is 2. The van der Waals surface area contributed by atoms with Crippen LogP contribution in [0, 0.1) is 0 Å². The molecule has 1 aromatic carbocycles. The Balaban J connectivity index is 0.00000210. The van der Waals surface area contributed by atoms with Crippen LogP contribution in [0.25, 0.3) is 11.0 Å². The van der Waals surface area contributed by atoms with Gasteiger partial charge in [-0.15, -0.1) is 12.4 Å². The highest BCUT2D eigenvalue weighted by atomic mass is 35.5. The third-order valence-corrected chi connectivity index (χ3v) is 4.87. The van der Waals surface area contributed by atoms with Gasteiger partial charge >= 0.3 is 0 Å². The number of imidazole rings is 1. The summed E-state index contributed by atoms with van der Waals surface area (Å²) < 4.78 is 4.03. The minimum atomic E-state index is -0.108. The second-order valence-corrected chi connectivity index (χ2v) is 6.72. The molecule has 1 unspecified atom stereocenters. The second kappa shape index (κ2) is 9.01. The number of piperidine rings is 1. The molecule has 0 bridgehead atoms. The number of para-hydroxylation sites is 2. The number of halogens is 1. The Kier molecular flexibility index (Phi) is 6.47. The van der Waals surface area contributed by atoms with Crippen molar-refractivity contribution in [3.63, 3.8) is 0 Å². The molecule has 1 amide bonds. The summed E-state index contributed by atoms with van der Waals surface area (Å²) in [7, 11) is 0. The number of nitrogens with zero attached hydrogens (tertiary/aromatic N) is 4. The SMILES string of the molecule is Cl.O=C(NCCCn1cnc2ccccc21)c1ccn(C2CCCNC2)n1. The van der Waals surface area contributed by atoms with Crippen molar-refractivity contribution in [3.8, 4) is 0 Å². The zero-order chi connectivity index (χ0) is 17.8. The summed E-state index contributed by atoms with van der Waals surface area (Å²) in [6.45, 7) is 3.42. The lowest BCUT2D eigenvalue weighted by Crippen LogP contribution is -2.32. The van der Waals surface area contributed by atoms with E-state index in [0.717, 1.165) is 49.9 Å². The molecule has 3 aromatic rings. The van der Waals surface area contributed by atoms with Gasteiger partial charge in [0.05, 0.1) is 23.4 Å². The maximum Gasteiger partial charge on any atom is 0.271 e. The van der Waals surface area contributed by atoms with Gasteiger partial charge in [-0.25, -0.2) is 4.98 Å². The van der Waals surface area contributed by atoms with E-state index in [1.165, 1.54) is 0 Å². The van der Waals surface area contributed by atoms with Gasteiger partial charge in [0.15, 0.2) is 0 Å². The van der Waals surface area contributed by atoms with Gasteiger partial charge in [0.2, 0.25) is 0 Å². The van der Waals surface area contributed by atoms with E-state index in [-0.39, 0.29) is 18.3 Å². The first-order valence-corrected chi connectivity index (χ1v) is 9.25. The summed E-state index contributed by atoms with van der Waals surface area (Å²) in [5, 5.41) is 10.8.